The Morgan fingerprint density at radius 1 is 1.33 bits per heavy atom. The fourth-order valence-electron chi connectivity index (χ4n) is 2.27. The third-order valence-corrected chi connectivity index (χ3v) is 4.25. The molecule has 1 amide bonds. The second-order valence-corrected chi connectivity index (χ2v) is 6.07. The molecule has 0 aliphatic heterocycles. The van der Waals surface area contributed by atoms with Gasteiger partial charge in [0.25, 0.3) is 0 Å². The Hall–Kier alpha value is -0.770. The number of hydrogen-bond acceptors (Lipinski definition) is 2. The predicted molar refractivity (Wildman–Crippen MR) is 89.9 cm³/mol. The van der Waals surface area contributed by atoms with E-state index in [0.29, 0.717) is 41.9 Å². The van der Waals surface area contributed by atoms with Crippen LogP contribution in [0.4, 0.5) is 0 Å². The molecule has 0 aliphatic rings. The van der Waals surface area contributed by atoms with E-state index in [-0.39, 0.29) is 5.91 Å². The molecule has 1 aromatic rings. The van der Waals surface area contributed by atoms with E-state index in [9.17, 15) is 4.79 Å². The minimum Gasteiger partial charge on any atom is -0.356 e. The van der Waals surface area contributed by atoms with Crippen LogP contribution in [-0.2, 0) is 11.2 Å². The average molecular weight is 331 g/mol. The number of rotatable bonds is 9. The molecule has 0 saturated carbocycles. The van der Waals surface area contributed by atoms with E-state index in [1.807, 2.05) is 12.1 Å². The zero-order valence-corrected chi connectivity index (χ0v) is 14.0. The van der Waals surface area contributed by atoms with Gasteiger partial charge in [0.1, 0.15) is 0 Å². The fourth-order valence-corrected chi connectivity index (χ4v) is 2.78. The van der Waals surface area contributed by atoms with Crippen LogP contribution in [0.25, 0.3) is 0 Å². The number of amides is 1. The highest BCUT2D eigenvalue weighted by molar-refractivity contribution is 6.35. The average Bonchev–Trinajstić information content (AvgIpc) is 2.45. The molecule has 0 bridgehead atoms. The summed E-state index contributed by atoms with van der Waals surface area (Å²) in [5.74, 6) is 0.641. The van der Waals surface area contributed by atoms with Gasteiger partial charge in [0, 0.05) is 23.0 Å². The van der Waals surface area contributed by atoms with Crippen molar-refractivity contribution in [2.75, 3.05) is 13.1 Å². The van der Waals surface area contributed by atoms with E-state index < -0.39 is 0 Å². The minimum absolute atomic E-state index is 0.0931. The van der Waals surface area contributed by atoms with Crippen LogP contribution in [0.5, 0.6) is 0 Å². The first-order valence-corrected chi connectivity index (χ1v) is 8.23. The summed E-state index contributed by atoms with van der Waals surface area (Å²) in [5, 5.41) is 4.20. The molecule has 0 heterocycles. The Morgan fingerprint density at radius 2 is 2.10 bits per heavy atom. The number of carbonyl (C=O) groups is 1. The molecule has 5 heteroatoms. The van der Waals surface area contributed by atoms with Gasteiger partial charge >= 0.3 is 0 Å². The molecule has 1 atom stereocenters. The summed E-state index contributed by atoms with van der Waals surface area (Å²) < 4.78 is 0. The number of halogens is 2. The van der Waals surface area contributed by atoms with Gasteiger partial charge in [-0.25, -0.2) is 0 Å². The van der Waals surface area contributed by atoms with Crippen molar-refractivity contribution in [2.24, 2.45) is 11.7 Å². The normalized spacial score (nSPS) is 12.2. The van der Waals surface area contributed by atoms with Crippen LogP contribution >= 0.6 is 23.2 Å². The number of benzene rings is 1. The number of hydrogen-bond donors (Lipinski definition) is 2. The Balaban J connectivity index is 2.27. The Bertz CT molecular complexity index is 452. The molecular weight excluding hydrogens is 307 g/mol. The van der Waals surface area contributed by atoms with Gasteiger partial charge in [0.05, 0.1) is 0 Å². The van der Waals surface area contributed by atoms with Crippen LogP contribution in [0.15, 0.2) is 18.2 Å². The predicted octanol–water partition coefficient (Wildman–Crippen LogP) is 3.81. The lowest BCUT2D eigenvalue weighted by Crippen LogP contribution is -2.26. The third kappa shape index (κ3) is 7.16. The van der Waals surface area contributed by atoms with Crippen molar-refractivity contribution < 1.29 is 4.79 Å². The largest absolute Gasteiger partial charge is 0.356 e. The molecule has 0 saturated heterocycles. The Labute approximate surface area is 137 Å². The van der Waals surface area contributed by atoms with Crippen molar-refractivity contribution in [3.63, 3.8) is 0 Å². The lowest BCUT2D eigenvalue weighted by atomic mass is 9.96. The lowest BCUT2D eigenvalue weighted by Gasteiger charge is -2.13. The maximum absolute atomic E-state index is 11.8. The molecule has 1 rings (SSSR count). The first kappa shape index (κ1) is 18.3. The third-order valence-electron chi connectivity index (χ3n) is 3.66. The molecule has 0 fully saturated rings. The van der Waals surface area contributed by atoms with Crippen LogP contribution in [0.3, 0.4) is 0 Å². The van der Waals surface area contributed by atoms with E-state index in [0.717, 1.165) is 24.8 Å². The highest BCUT2D eigenvalue weighted by Crippen LogP contribution is 2.21. The van der Waals surface area contributed by atoms with Gasteiger partial charge in [-0.3, -0.25) is 4.79 Å². The SMILES string of the molecule is CCC(CCN)CCC(=O)NCCc1ccc(Cl)cc1Cl. The number of nitrogens with one attached hydrogen (secondary N) is 1. The summed E-state index contributed by atoms with van der Waals surface area (Å²) in [6.45, 7) is 3.42. The van der Waals surface area contributed by atoms with Crippen molar-refractivity contribution >= 4 is 29.1 Å². The summed E-state index contributed by atoms with van der Waals surface area (Å²) in [6, 6.07) is 5.42. The van der Waals surface area contributed by atoms with Crippen LogP contribution in [0.1, 0.15) is 38.2 Å². The standard InChI is InChI=1S/C16H24Cl2N2O/c1-2-12(7-9-19)3-6-16(21)20-10-8-13-4-5-14(17)11-15(13)18/h4-5,11-12H,2-3,6-10,19H2,1H3,(H,20,21). The van der Waals surface area contributed by atoms with Crippen LogP contribution in [-0.4, -0.2) is 19.0 Å². The first-order chi connectivity index (χ1) is 10.1. The molecule has 1 unspecified atom stereocenters. The maximum Gasteiger partial charge on any atom is 0.220 e. The fraction of sp³-hybridized carbons (Fsp3) is 0.562. The van der Waals surface area contributed by atoms with Gasteiger partial charge in [-0.05, 0) is 49.4 Å². The van der Waals surface area contributed by atoms with Crippen LogP contribution < -0.4 is 11.1 Å². The van der Waals surface area contributed by atoms with Crippen LogP contribution in [0.2, 0.25) is 10.0 Å². The van der Waals surface area contributed by atoms with Crippen molar-refractivity contribution in [2.45, 2.75) is 39.0 Å². The Kier molecular flexibility index (Phi) is 8.74. The van der Waals surface area contributed by atoms with Gasteiger partial charge in [-0.2, -0.15) is 0 Å². The van der Waals surface area contributed by atoms with Gasteiger partial charge in [-0.15, -0.1) is 0 Å². The molecule has 0 aromatic heterocycles. The number of carbonyl (C=O) groups excluding carboxylic acids is 1. The molecular formula is C16H24Cl2N2O. The summed E-state index contributed by atoms with van der Waals surface area (Å²) in [5.41, 5.74) is 6.55. The van der Waals surface area contributed by atoms with Gasteiger partial charge in [0.2, 0.25) is 5.91 Å². The number of nitrogens with two attached hydrogens (primary N) is 1. The summed E-state index contributed by atoms with van der Waals surface area (Å²) in [4.78, 5) is 11.8. The first-order valence-electron chi connectivity index (χ1n) is 7.47. The molecule has 0 aliphatic carbocycles. The van der Waals surface area contributed by atoms with Crippen molar-refractivity contribution in [1.29, 1.82) is 0 Å². The Morgan fingerprint density at radius 3 is 2.71 bits per heavy atom. The monoisotopic (exact) mass is 330 g/mol. The minimum atomic E-state index is 0.0931. The quantitative estimate of drug-likeness (QED) is 0.723. The second-order valence-electron chi connectivity index (χ2n) is 5.23. The van der Waals surface area contributed by atoms with E-state index in [4.69, 9.17) is 28.9 Å². The lowest BCUT2D eigenvalue weighted by molar-refractivity contribution is -0.121. The zero-order valence-electron chi connectivity index (χ0n) is 12.5. The summed E-state index contributed by atoms with van der Waals surface area (Å²) in [6.07, 6.45) is 4.24. The molecule has 3 nitrogen and oxygen atoms in total. The van der Waals surface area contributed by atoms with E-state index in [1.54, 1.807) is 6.07 Å². The van der Waals surface area contributed by atoms with Gasteiger partial charge < -0.3 is 11.1 Å². The molecule has 0 spiro atoms. The van der Waals surface area contributed by atoms with Gasteiger partial charge in [0.15, 0.2) is 0 Å². The topological polar surface area (TPSA) is 55.1 Å². The highest BCUT2D eigenvalue weighted by Gasteiger charge is 2.09. The van der Waals surface area contributed by atoms with E-state index >= 15 is 0 Å². The van der Waals surface area contributed by atoms with Crippen molar-refractivity contribution in [1.82, 2.24) is 5.32 Å². The van der Waals surface area contributed by atoms with Crippen LogP contribution in [0, 0.1) is 5.92 Å². The molecule has 3 N–H and O–H groups in total. The zero-order chi connectivity index (χ0) is 15.7. The van der Waals surface area contributed by atoms with Gasteiger partial charge in [-0.1, -0.05) is 42.6 Å². The summed E-state index contributed by atoms with van der Waals surface area (Å²) in [7, 11) is 0. The van der Waals surface area contributed by atoms with Crippen molar-refractivity contribution in [3.05, 3.63) is 33.8 Å². The molecule has 118 valence electrons. The molecule has 1 aromatic carbocycles. The van der Waals surface area contributed by atoms with E-state index in [2.05, 4.69) is 12.2 Å². The molecule has 21 heavy (non-hydrogen) atoms. The van der Waals surface area contributed by atoms with Crippen molar-refractivity contribution in [3.8, 4) is 0 Å². The van der Waals surface area contributed by atoms with E-state index in [1.165, 1.54) is 0 Å². The highest BCUT2D eigenvalue weighted by atomic mass is 35.5. The second kappa shape index (κ2) is 10.0. The maximum atomic E-state index is 11.8. The smallest absolute Gasteiger partial charge is 0.220 e. The molecule has 0 radical (unpaired) electrons. The summed E-state index contributed by atoms with van der Waals surface area (Å²) >= 11 is 11.9.